The largest absolute Gasteiger partial charge is 0.494 e. The van der Waals surface area contributed by atoms with E-state index in [4.69, 9.17) is 21.6 Å². The molecule has 3 aromatic carbocycles. The molecule has 1 aliphatic rings. The van der Waals surface area contributed by atoms with E-state index >= 15 is 0 Å². The molecule has 0 radical (unpaired) electrons. The van der Waals surface area contributed by atoms with Gasteiger partial charge in [0.15, 0.2) is 0 Å². The third-order valence-corrected chi connectivity index (χ3v) is 7.15. The molecule has 0 unspecified atom stereocenters. The Labute approximate surface area is 219 Å². The average Bonchev–Trinajstić information content (AvgIpc) is 2.93. The lowest BCUT2D eigenvalue weighted by atomic mass is 9.97. The van der Waals surface area contributed by atoms with Crippen molar-refractivity contribution < 1.29 is 4.74 Å². The molecule has 5 nitrogen and oxygen atoms in total. The zero-order valence-electron chi connectivity index (χ0n) is 20.8. The summed E-state index contributed by atoms with van der Waals surface area (Å²) in [5.74, 6) is 0.736. The lowest BCUT2D eigenvalue weighted by Gasteiger charge is -2.45. The maximum atomic E-state index is 9.99. The van der Waals surface area contributed by atoms with Crippen LogP contribution in [0.25, 0.3) is 0 Å². The summed E-state index contributed by atoms with van der Waals surface area (Å²) in [7, 11) is 0. The molecule has 0 aromatic heterocycles. The molecule has 0 bridgehead atoms. The Balaban J connectivity index is 1.63. The van der Waals surface area contributed by atoms with E-state index in [-0.39, 0.29) is 12.1 Å². The standard InChI is InChI=1S/C30H31ClN4O/c1-3-4-17-36-28-13-14-29(26(18-28)20-33)35-16-15-34(21-30(35)25-9-11-27(31)12-10-25)22(2)24-7-5-23(19-32)6-8-24/h5-14,18,22,30H,3-4,15-17,21H2,1-2H3/t22-,30+/m1/s1. The average molecular weight is 499 g/mol. The number of anilines is 1. The Morgan fingerprint density at radius 1 is 1.00 bits per heavy atom. The molecule has 0 N–H and O–H groups in total. The van der Waals surface area contributed by atoms with E-state index in [0.717, 1.165) is 49.5 Å². The number of nitrogens with zero attached hydrogens (tertiary/aromatic N) is 4. The molecule has 6 heteroatoms. The van der Waals surface area contributed by atoms with Crippen molar-refractivity contribution in [3.8, 4) is 17.9 Å². The number of nitriles is 2. The second kappa shape index (κ2) is 12.0. The highest BCUT2D eigenvalue weighted by Crippen LogP contribution is 2.37. The summed E-state index contributed by atoms with van der Waals surface area (Å²) in [6, 6.07) is 26.5. The van der Waals surface area contributed by atoms with Gasteiger partial charge in [0.05, 0.1) is 35.5 Å². The Hall–Kier alpha value is -3.51. The van der Waals surface area contributed by atoms with Gasteiger partial charge in [0.25, 0.3) is 0 Å². The second-order valence-electron chi connectivity index (χ2n) is 9.16. The first kappa shape index (κ1) is 25.6. The third kappa shape index (κ3) is 5.82. The first-order valence-corrected chi connectivity index (χ1v) is 12.8. The van der Waals surface area contributed by atoms with Gasteiger partial charge in [-0.3, -0.25) is 4.90 Å². The van der Waals surface area contributed by atoms with Gasteiger partial charge in [-0.15, -0.1) is 0 Å². The highest BCUT2D eigenvalue weighted by Gasteiger charge is 2.32. The first-order valence-electron chi connectivity index (χ1n) is 12.5. The fraction of sp³-hybridized carbons (Fsp3) is 0.333. The maximum absolute atomic E-state index is 9.99. The van der Waals surface area contributed by atoms with E-state index in [1.807, 2.05) is 54.6 Å². The molecule has 184 valence electrons. The topological polar surface area (TPSA) is 63.3 Å². The van der Waals surface area contributed by atoms with Crippen molar-refractivity contribution in [2.75, 3.05) is 31.1 Å². The van der Waals surface area contributed by atoms with Gasteiger partial charge < -0.3 is 9.64 Å². The fourth-order valence-electron chi connectivity index (χ4n) is 4.74. The van der Waals surface area contributed by atoms with Crippen molar-refractivity contribution in [2.24, 2.45) is 0 Å². The predicted octanol–water partition coefficient (Wildman–Crippen LogP) is 6.89. The molecule has 2 atom stereocenters. The molecule has 0 aliphatic carbocycles. The molecule has 0 amide bonds. The molecule has 0 spiro atoms. The molecule has 36 heavy (non-hydrogen) atoms. The van der Waals surface area contributed by atoms with Crippen molar-refractivity contribution in [1.29, 1.82) is 10.5 Å². The Kier molecular flexibility index (Phi) is 8.49. The highest BCUT2D eigenvalue weighted by atomic mass is 35.5. The van der Waals surface area contributed by atoms with Crippen LogP contribution >= 0.6 is 11.6 Å². The summed E-state index contributed by atoms with van der Waals surface area (Å²) < 4.78 is 5.86. The lowest BCUT2D eigenvalue weighted by molar-refractivity contribution is 0.171. The van der Waals surface area contributed by atoms with Crippen LogP contribution in [0.4, 0.5) is 5.69 Å². The van der Waals surface area contributed by atoms with Crippen molar-refractivity contribution in [1.82, 2.24) is 4.90 Å². The minimum absolute atomic E-state index is 0.0517. The van der Waals surface area contributed by atoms with Crippen LogP contribution in [-0.4, -0.2) is 31.1 Å². The van der Waals surface area contributed by atoms with E-state index in [9.17, 15) is 5.26 Å². The third-order valence-electron chi connectivity index (χ3n) is 6.90. The van der Waals surface area contributed by atoms with Crippen LogP contribution in [0.15, 0.2) is 66.7 Å². The number of unbranched alkanes of at least 4 members (excludes halogenated alkanes) is 1. The van der Waals surface area contributed by atoms with E-state index in [0.29, 0.717) is 22.8 Å². The molecule has 0 saturated carbocycles. The van der Waals surface area contributed by atoms with Gasteiger partial charge >= 0.3 is 0 Å². The van der Waals surface area contributed by atoms with Gasteiger partial charge in [-0.2, -0.15) is 10.5 Å². The zero-order chi connectivity index (χ0) is 25.5. The monoisotopic (exact) mass is 498 g/mol. The van der Waals surface area contributed by atoms with Gasteiger partial charge in [0.2, 0.25) is 0 Å². The van der Waals surface area contributed by atoms with Crippen LogP contribution in [0.2, 0.25) is 5.02 Å². The normalized spacial score (nSPS) is 16.7. The summed E-state index contributed by atoms with van der Waals surface area (Å²) in [5.41, 5.74) is 4.55. The molecular weight excluding hydrogens is 468 g/mol. The van der Waals surface area contributed by atoms with E-state index in [1.165, 1.54) is 5.56 Å². The smallest absolute Gasteiger partial charge is 0.120 e. The van der Waals surface area contributed by atoms with Gasteiger partial charge in [-0.1, -0.05) is 49.2 Å². The molecule has 4 rings (SSSR count). The Morgan fingerprint density at radius 2 is 1.75 bits per heavy atom. The SMILES string of the molecule is CCCCOc1ccc(N2CCN([C@H](C)c3ccc(C#N)cc3)C[C@H]2c2ccc(Cl)cc2)c(C#N)c1. The highest BCUT2D eigenvalue weighted by molar-refractivity contribution is 6.30. The molecule has 1 saturated heterocycles. The minimum atomic E-state index is 0.0517. The summed E-state index contributed by atoms with van der Waals surface area (Å²) in [5, 5.41) is 19.8. The first-order chi connectivity index (χ1) is 17.5. The Bertz CT molecular complexity index is 1240. The second-order valence-corrected chi connectivity index (χ2v) is 9.59. The van der Waals surface area contributed by atoms with Crippen LogP contribution in [-0.2, 0) is 0 Å². The molecule has 3 aromatic rings. The Morgan fingerprint density at radius 3 is 2.42 bits per heavy atom. The maximum Gasteiger partial charge on any atom is 0.120 e. The van der Waals surface area contributed by atoms with E-state index < -0.39 is 0 Å². The number of halogens is 1. The molecular formula is C30H31ClN4O. The summed E-state index contributed by atoms with van der Waals surface area (Å²) >= 11 is 6.20. The predicted molar refractivity (Wildman–Crippen MR) is 144 cm³/mol. The van der Waals surface area contributed by atoms with Crippen LogP contribution in [0.1, 0.15) is 61.0 Å². The molecule has 1 fully saturated rings. The number of piperazine rings is 1. The van der Waals surface area contributed by atoms with Crippen molar-refractivity contribution in [3.63, 3.8) is 0 Å². The lowest BCUT2D eigenvalue weighted by Crippen LogP contribution is -2.49. The van der Waals surface area contributed by atoms with Crippen LogP contribution in [0.3, 0.4) is 0 Å². The van der Waals surface area contributed by atoms with Gasteiger partial charge in [0, 0.05) is 30.7 Å². The number of ether oxygens (including phenoxy) is 1. The molecule has 1 aliphatic heterocycles. The summed E-state index contributed by atoms with van der Waals surface area (Å²) in [4.78, 5) is 4.80. The van der Waals surface area contributed by atoms with Gasteiger partial charge in [0.1, 0.15) is 11.8 Å². The number of benzene rings is 3. The molecule has 1 heterocycles. The van der Waals surface area contributed by atoms with Crippen molar-refractivity contribution in [2.45, 2.75) is 38.8 Å². The van der Waals surface area contributed by atoms with Gasteiger partial charge in [-0.05, 0) is 66.9 Å². The summed E-state index contributed by atoms with van der Waals surface area (Å²) in [6.07, 6.45) is 2.05. The van der Waals surface area contributed by atoms with Gasteiger partial charge in [-0.25, -0.2) is 0 Å². The number of hydrogen-bond donors (Lipinski definition) is 0. The minimum Gasteiger partial charge on any atom is -0.494 e. The van der Waals surface area contributed by atoms with E-state index in [1.54, 1.807) is 0 Å². The van der Waals surface area contributed by atoms with Crippen LogP contribution in [0, 0.1) is 22.7 Å². The van der Waals surface area contributed by atoms with E-state index in [2.05, 4.69) is 47.9 Å². The van der Waals surface area contributed by atoms with Crippen molar-refractivity contribution >= 4 is 17.3 Å². The number of rotatable bonds is 8. The summed E-state index contributed by atoms with van der Waals surface area (Å²) in [6.45, 7) is 7.41. The quantitative estimate of drug-likeness (QED) is 0.316. The van der Waals surface area contributed by atoms with Crippen LogP contribution in [0.5, 0.6) is 5.75 Å². The fourth-order valence-corrected chi connectivity index (χ4v) is 4.87. The number of hydrogen-bond acceptors (Lipinski definition) is 5. The van der Waals surface area contributed by atoms with Crippen molar-refractivity contribution in [3.05, 3.63) is 94.0 Å². The zero-order valence-corrected chi connectivity index (χ0v) is 21.6. The van der Waals surface area contributed by atoms with Crippen LogP contribution < -0.4 is 9.64 Å².